The Hall–Kier alpha value is -2.70. The number of aromatic nitrogens is 2. The summed E-state index contributed by atoms with van der Waals surface area (Å²) in [5, 5.41) is 17.4. The first-order valence-corrected chi connectivity index (χ1v) is 9.11. The van der Waals surface area contributed by atoms with Gasteiger partial charge in [0, 0.05) is 45.0 Å². The van der Waals surface area contributed by atoms with Crippen molar-refractivity contribution < 1.29 is 9.90 Å². The minimum absolute atomic E-state index is 0.0182. The number of nitrogens with zero attached hydrogens (tertiary/aromatic N) is 4. The fourth-order valence-electron chi connectivity index (χ4n) is 3.32. The highest BCUT2D eigenvalue weighted by atomic mass is 16.3. The van der Waals surface area contributed by atoms with Gasteiger partial charge in [0.1, 0.15) is 5.75 Å². The molecule has 2 heterocycles. The Bertz CT molecular complexity index is 750. The van der Waals surface area contributed by atoms with Gasteiger partial charge in [-0.1, -0.05) is 12.1 Å². The van der Waals surface area contributed by atoms with Crippen LogP contribution in [0.4, 0.5) is 10.5 Å². The number of carbonyl (C=O) groups excluding carboxylic acids is 1. The average molecular weight is 357 g/mol. The summed E-state index contributed by atoms with van der Waals surface area (Å²) in [6.45, 7) is 8.21. The van der Waals surface area contributed by atoms with Crippen LogP contribution in [0.2, 0.25) is 0 Å². The number of hydrogen-bond acceptors (Lipinski definition) is 4. The second-order valence-electron chi connectivity index (χ2n) is 6.70. The highest BCUT2D eigenvalue weighted by Gasteiger charge is 2.22. The monoisotopic (exact) mass is 357 g/mol. The van der Waals surface area contributed by atoms with Gasteiger partial charge in [-0.25, -0.2) is 4.79 Å². The maximum atomic E-state index is 12.3. The van der Waals surface area contributed by atoms with Crippen LogP contribution in [0.1, 0.15) is 17.8 Å². The molecule has 1 aromatic carbocycles. The third-order valence-electron chi connectivity index (χ3n) is 4.72. The molecule has 0 bridgehead atoms. The van der Waals surface area contributed by atoms with Gasteiger partial charge in [-0.3, -0.25) is 4.68 Å². The summed E-state index contributed by atoms with van der Waals surface area (Å²) < 4.78 is 1.98. The lowest BCUT2D eigenvalue weighted by Gasteiger charge is -2.36. The number of piperazine rings is 1. The van der Waals surface area contributed by atoms with Crippen LogP contribution in [0, 0.1) is 13.8 Å². The highest BCUT2D eigenvalue weighted by Crippen LogP contribution is 2.27. The van der Waals surface area contributed by atoms with Crippen molar-refractivity contribution in [1.29, 1.82) is 0 Å². The molecule has 0 unspecified atom stereocenters. The number of rotatable bonds is 5. The van der Waals surface area contributed by atoms with E-state index in [9.17, 15) is 9.90 Å². The molecule has 0 spiro atoms. The lowest BCUT2D eigenvalue weighted by atomic mass is 10.2. The molecule has 0 saturated carbocycles. The number of benzene rings is 1. The lowest BCUT2D eigenvalue weighted by Crippen LogP contribution is -2.52. The summed E-state index contributed by atoms with van der Waals surface area (Å²) in [5.41, 5.74) is 3.00. The number of aromatic hydroxyl groups is 1. The minimum Gasteiger partial charge on any atom is -0.506 e. The Kier molecular flexibility index (Phi) is 5.65. The third kappa shape index (κ3) is 4.28. The predicted octanol–water partition coefficient (Wildman–Crippen LogP) is 2.13. The maximum Gasteiger partial charge on any atom is 0.317 e. The Morgan fingerprint density at radius 3 is 2.58 bits per heavy atom. The van der Waals surface area contributed by atoms with E-state index in [-0.39, 0.29) is 11.8 Å². The molecule has 26 heavy (non-hydrogen) atoms. The molecule has 1 fully saturated rings. The largest absolute Gasteiger partial charge is 0.506 e. The Balaban J connectivity index is 1.40. The van der Waals surface area contributed by atoms with Gasteiger partial charge in [-0.15, -0.1) is 0 Å². The average Bonchev–Trinajstić information content (AvgIpc) is 2.96. The number of para-hydroxylation sites is 2. The Morgan fingerprint density at radius 1 is 1.19 bits per heavy atom. The van der Waals surface area contributed by atoms with E-state index >= 15 is 0 Å². The highest BCUT2D eigenvalue weighted by molar-refractivity contribution is 5.74. The smallest absolute Gasteiger partial charge is 0.317 e. The molecule has 0 radical (unpaired) electrons. The molecule has 0 atom stereocenters. The van der Waals surface area contributed by atoms with Gasteiger partial charge in [-0.2, -0.15) is 5.10 Å². The van der Waals surface area contributed by atoms with Gasteiger partial charge in [0.25, 0.3) is 0 Å². The lowest BCUT2D eigenvalue weighted by molar-refractivity contribution is 0.194. The first-order chi connectivity index (χ1) is 12.5. The van der Waals surface area contributed by atoms with Gasteiger partial charge in [-0.05, 0) is 38.5 Å². The standard InChI is InChI=1S/C19H27N5O2/c1-15-14-16(2)24(21-15)9-5-8-20-19(26)23-12-10-22(11-13-23)17-6-3-4-7-18(17)25/h3-4,6-7,14,25H,5,8-13H2,1-2H3,(H,20,26). The summed E-state index contributed by atoms with van der Waals surface area (Å²) in [7, 11) is 0. The van der Waals surface area contributed by atoms with Gasteiger partial charge >= 0.3 is 6.03 Å². The van der Waals surface area contributed by atoms with Crippen molar-refractivity contribution in [2.24, 2.45) is 0 Å². The second kappa shape index (κ2) is 8.12. The second-order valence-corrected chi connectivity index (χ2v) is 6.70. The summed E-state index contributed by atoms with van der Waals surface area (Å²) in [6, 6.07) is 9.37. The van der Waals surface area contributed by atoms with Crippen molar-refractivity contribution in [2.45, 2.75) is 26.8 Å². The van der Waals surface area contributed by atoms with E-state index in [0.29, 0.717) is 19.6 Å². The van der Waals surface area contributed by atoms with Crippen molar-refractivity contribution in [3.05, 3.63) is 41.7 Å². The van der Waals surface area contributed by atoms with Gasteiger partial charge < -0.3 is 20.2 Å². The van der Waals surface area contributed by atoms with E-state index in [1.54, 1.807) is 6.07 Å². The quantitative estimate of drug-likeness (QED) is 0.804. The molecule has 2 amide bonds. The van der Waals surface area contributed by atoms with Crippen molar-refractivity contribution >= 4 is 11.7 Å². The van der Waals surface area contributed by atoms with E-state index in [1.165, 1.54) is 0 Å². The van der Waals surface area contributed by atoms with E-state index in [2.05, 4.69) is 21.4 Å². The number of nitrogens with one attached hydrogen (secondary N) is 1. The molecular formula is C19H27N5O2. The maximum absolute atomic E-state index is 12.3. The molecule has 3 rings (SSSR count). The zero-order valence-corrected chi connectivity index (χ0v) is 15.5. The van der Waals surface area contributed by atoms with Crippen LogP contribution < -0.4 is 10.2 Å². The first-order valence-electron chi connectivity index (χ1n) is 9.11. The van der Waals surface area contributed by atoms with Crippen LogP contribution in [0.25, 0.3) is 0 Å². The molecular weight excluding hydrogens is 330 g/mol. The van der Waals surface area contributed by atoms with Gasteiger partial charge in [0.15, 0.2) is 0 Å². The zero-order valence-electron chi connectivity index (χ0n) is 15.5. The SMILES string of the molecule is Cc1cc(C)n(CCCNC(=O)N2CCN(c3ccccc3O)CC2)n1. The number of aryl methyl sites for hydroxylation is 3. The molecule has 1 saturated heterocycles. The Morgan fingerprint density at radius 2 is 1.92 bits per heavy atom. The number of phenols is 1. The number of phenolic OH excluding ortho intramolecular Hbond substituents is 1. The summed E-state index contributed by atoms with van der Waals surface area (Å²) in [4.78, 5) is 16.3. The fraction of sp³-hybridized carbons (Fsp3) is 0.474. The minimum atomic E-state index is -0.0182. The Labute approximate surface area is 154 Å². The number of carbonyl (C=O) groups is 1. The van der Waals surface area contributed by atoms with E-state index in [4.69, 9.17) is 0 Å². The normalized spacial score (nSPS) is 14.5. The van der Waals surface area contributed by atoms with Crippen LogP contribution in [-0.4, -0.2) is 58.5 Å². The molecule has 1 aliphatic heterocycles. The predicted molar refractivity (Wildman–Crippen MR) is 102 cm³/mol. The van der Waals surface area contributed by atoms with E-state index in [1.807, 2.05) is 41.6 Å². The van der Waals surface area contributed by atoms with Crippen molar-refractivity contribution in [1.82, 2.24) is 20.0 Å². The molecule has 140 valence electrons. The van der Waals surface area contributed by atoms with E-state index < -0.39 is 0 Å². The van der Waals surface area contributed by atoms with Crippen molar-refractivity contribution in [3.63, 3.8) is 0 Å². The molecule has 0 aliphatic carbocycles. The van der Waals surface area contributed by atoms with Crippen LogP contribution in [0.3, 0.4) is 0 Å². The van der Waals surface area contributed by atoms with Crippen molar-refractivity contribution in [2.75, 3.05) is 37.6 Å². The number of hydrogen-bond donors (Lipinski definition) is 2. The van der Waals surface area contributed by atoms with E-state index in [0.717, 1.165) is 43.1 Å². The molecule has 7 nitrogen and oxygen atoms in total. The number of anilines is 1. The molecule has 1 aliphatic rings. The fourth-order valence-corrected chi connectivity index (χ4v) is 3.32. The third-order valence-corrected chi connectivity index (χ3v) is 4.72. The van der Waals surface area contributed by atoms with Crippen LogP contribution in [-0.2, 0) is 6.54 Å². The summed E-state index contributed by atoms with van der Waals surface area (Å²) >= 11 is 0. The molecule has 7 heteroatoms. The van der Waals surface area contributed by atoms with Gasteiger partial charge in [0.05, 0.1) is 11.4 Å². The van der Waals surface area contributed by atoms with Gasteiger partial charge in [0.2, 0.25) is 0 Å². The zero-order chi connectivity index (χ0) is 18.5. The van der Waals surface area contributed by atoms with Crippen LogP contribution in [0.15, 0.2) is 30.3 Å². The summed E-state index contributed by atoms with van der Waals surface area (Å²) in [6.07, 6.45) is 0.853. The summed E-state index contributed by atoms with van der Waals surface area (Å²) in [5.74, 6) is 0.287. The number of amides is 2. The molecule has 2 N–H and O–H groups in total. The van der Waals surface area contributed by atoms with Crippen LogP contribution in [0.5, 0.6) is 5.75 Å². The van der Waals surface area contributed by atoms with Crippen LogP contribution >= 0.6 is 0 Å². The first kappa shape index (κ1) is 18.1. The topological polar surface area (TPSA) is 73.6 Å². The molecule has 2 aromatic rings. The molecule has 1 aromatic heterocycles. The van der Waals surface area contributed by atoms with Crippen molar-refractivity contribution in [3.8, 4) is 5.75 Å². The number of urea groups is 1.